The topological polar surface area (TPSA) is 8.17 Å². The van der Waals surface area contributed by atoms with Crippen LogP contribution in [0.25, 0.3) is 60.9 Å². The molecule has 0 aliphatic rings. The first kappa shape index (κ1) is 29.5. The zero-order valence-electron chi connectivity index (χ0n) is 27.5. The van der Waals surface area contributed by atoms with Crippen molar-refractivity contribution in [1.82, 2.24) is 4.57 Å². The van der Waals surface area contributed by atoms with Crippen molar-refractivity contribution < 1.29 is 0 Å². The molecule has 236 valence electrons. The van der Waals surface area contributed by atoms with E-state index in [-0.39, 0.29) is 0 Å². The lowest BCUT2D eigenvalue weighted by Crippen LogP contribution is -2.11. The molecule has 0 aliphatic carbocycles. The van der Waals surface area contributed by atoms with E-state index in [1.54, 1.807) is 0 Å². The Morgan fingerprint density at radius 2 is 0.700 bits per heavy atom. The van der Waals surface area contributed by atoms with Crippen LogP contribution in [0, 0.1) is 0 Å². The average Bonchev–Trinajstić information content (AvgIpc) is 3.54. The van der Waals surface area contributed by atoms with Gasteiger partial charge in [0.25, 0.3) is 0 Å². The minimum atomic E-state index is 1.10. The highest BCUT2D eigenvalue weighted by Gasteiger charge is 2.18. The van der Waals surface area contributed by atoms with E-state index >= 15 is 0 Å². The van der Waals surface area contributed by atoms with Gasteiger partial charge in [0, 0.05) is 33.4 Å². The summed E-state index contributed by atoms with van der Waals surface area (Å²) < 4.78 is 2.36. The van der Waals surface area contributed by atoms with Crippen LogP contribution in [0.4, 0.5) is 17.1 Å². The highest BCUT2D eigenvalue weighted by Crippen LogP contribution is 2.42. The molecule has 50 heavy (non-hydrogen) atoms. The summed E-state index contributed by atoms with van der Waals surface area (Å²) in [5.74, 6) is 0. The highest BCUT2D eigenvalue weighted by molar-refractivity contribution is 6.09. The molecule has 0 spiro atoms. The Bertz CT molecular complexity index is 2490. The maximum Gasteiger partial charge on any atom is 0.0541 e. The Kier molecular flexibility index (Phi) is 7.53. The van der Waals surface area contributed by atoms with Crippen molar-refractivity contribution in [2.24, 2.45) is 0 Å². The molecule has 0 bridgehead atoms. The predicted octanol–water partition coefficient (Wildman–Crippen LogP) is 13.3. The van der Waals surface area contributed by atoms with Crippen molar-refractivity contribution in [3.05, 3.63) is 206 Å². The quantitative estimate of drug-likeness (QED) is 0.169. The molecule has 0 aliphatic heterocycles. The van der Waals surface area contributed by atoms with Crippen molar-refractivity contribution in [3.63, 3.8) is 0 Å². The van der Waals surface area contributed by atoms with E-state index < -0.39 is 0 Å². The lowest BCUT2D eigenvalue weighted by molar-refractivity contribution is 1.18. The lowest BCUT2D eigenvalue weighted by Gasteiger charge is -2.28. The first-order valence-corrected chi connectivity index (χ1v) is 17.1. The summed E-state index contributed by atoms with van der Waals surface area (Å²) >= 11 is 0. The van der Waals surface area contributed by atoms with Crippen molar-refractivity contribution in [2.45, 2.75) is 0 Å². The summed E-state index contributed by atoms with van der Waals surface area (Å²) in [4.78, 5) is 2.37. The number of benzene rings is 8. The Morgan fingerprint density at radius 3 is 1.24 bits per heavy atom. The first-order chi connectivity index (χ1) is 24.8. The van der Waals surface area contributed by atoms with Gasteiger partial charge in [-0.2, -0.15) is 0 Å². The fraction of sp³-hybridized carbons (Fsp3) is 0. The predicted molar refractivity (Wildman–Crippen MR) is 212 cm³/mol. The van der Waals surface area contributed by atoms with Crippen LogP contribution in [0.5, 0.6) is 0 Å². The number of anilines is 3. The summed E-state index contributed by atoms with van der Waals surface area (Å²) in [7, 11) is 0. The lowest BCUT2D eigenvalue weighted by atomic mass is 10.0. The minimum absolute atomic E-state index is 1.10. The molecular formula is C48H34N2. The molecule has 2 heteroatoms. The summed E-state index contributed by atoms with van der Waals surface area (Å²) in [6, 6.07) is 74.0. The molecule has 0 atom stereocenters. The third kappa shape index (κ3) is 5.34. The van der Waals surface area contributed by atoms with Crippen molar-refractivity contribution in [1.29, 1.82) is 0 Å². The van der Waals surface area contributed by atoms with Gasteiger partial charge >= 0.3 is 0 Å². The van der Waals surface area contributed by atoms with Gasteiger partial charge in [-0.3, -0.25) is 0 Å². The van der Waals surface area contributed by atoms with Crippen LogP contribution in [0.1, 0.15) is 0 Å². The van der Waals surface area contributed by atoms with Crippen LogP contribution in [0.15, 0.2) is 206 Å². The van der Waals surface area contributed by atoms with Crippen LogP contribution in [-0.4, -0.2) is 4.57 Å². The van der Waals surface area contributed by atoms with E-state index in [1.807, 2.05) is 0 Å². The summed E-state index contributed by atoms with van der Waals surface area (Å²) in [5.41, 5.74) is 14.1. The fourth-order valence-electron chi connectivity index (χ4n) is 7.20. The molecule has 9 rings (SSSR count). The number of hydrogen-bond donors (Lipinski definition) is 0. The number of hydrogen-bond acceptors (Lipinski definition) is 1. The van der Waals surface area contributed by atoms with Crippen molar-refractivity contribution in [3.8, 4) is 39.1 Å². The highest BCUT2D eigenvalue weighted by atomic mass is 15.1. The monoisotopic (exact) mass is 638 g/mol. The van der Waals surface area contributed by atoms with Crippen LogP contribution in [-0.2, 0) is 0 Å². The summed E-state index contributed by atoms with van der Waals surface area (Å²) in [6.07, 6.45) is 0. The zero-order chi connectivity index (χ0) is 33.3. The van der Waals surface area contributed by atoms with Gasteiger partial charge in [-0.25, -0.2) is 0 Å². The molecule has 1 aromatic heterocycles. The third-order valence-electron chi connectivity index (χ3n) is 9.63. The number of aromatic nitrogens is 1. The van der Waals surface area contributed by atoms with Crippen LogP contribution in [0.3, 0.4) is 0 Å². The molecule has 9 aromatic rings. The Balaban J connectivity index is 1.09. The number of para-hydroxylation sites is 3. The fourth-order valence-corrected chi connectivity index (χ4v) is 7.20. The van der Waals surface area contributed by atoms with E-state index in [0.29, 0.717) is 0 Å². The Morgan fingerprint density at radius 1 is 0.300 bits per heavy atom. The average molecular weight is 639 g/mol. The molecule has 0 unspecified atom stereocenters. The van der Waals surface area contributed by atoms with E-state index in [2.05, 4.69) is 216 Å². The second-order valence-corrected chi connectivity index (χ2v) is 12.6. The molecule has 0 radical (unpaired) electrons. The van der Waals surface area contributed by atoms with Gasteiger partial charge in [-0.15, -0.1) is 0 Å². The normalized spacial score (nSPS) is 11.2. The SMILES string of the molecule is c1ccc(-c2ccc(N(c3ccc(-c4ccc(-n5c6ccccc6c6ccccc65)cc4)cc3)c3ccccc3-c3ccccc3)cc2)cc1. The molecular weight excluding hydrogens is 605 g/mol. The van der Waals surface area contributed by atoms with Crippen molar-refractivity contribution >= 4 is 38.9 Å². The van der Waals surface area contributed by atoms with E-state index in [4.69, 9.17) is 0 Å². The van der Waals surface area contributed by atoms with Gasteiger partial charge in [-0.1, -0.05) is 152 Å². The second kappa shape index (κ2) is 12.8. The largest absolute Gasteiger partial charge is 0.310 e. The van der Waals surface area contributed by atoms with Crippen LogP contribution >= 0.6 is 0 Å². The molecule has 0 fully saturated rings. The Labute approximate surface area is 292 Å². The second-order valence-electron chi connectivity index (χ2n) is 12.6. The van der Waals surface area contributed by atoms with Gasteiger partial charge in [0.1, 0.15) is 0 Å². The number of nitrogens with zero attached hydrogens (tertiary/aromatic N) is 2. The van der Waals surface area contributed by atoms with Gasteiger partial charge in [0.05, 0.1) is 16.7 Å². The van der Waals surface area contributed by atoms with Gasteiger partial charge in [-0.05, 0) is 82.4 Å². The zero-order valence-corrected chi connectivity index (χ0v) is 27.5. The molecule has 8 aromatic carbocycles. The summed E-state index contributed by atoms with van der Waals surface area (Å²) in [6.45, 7) is 0. The molecule has 0 saturated heterocycles. The molecule has 0 N–H and O–H groups in total. The van der Waals surface area contributed by atoms with Gasteiger partial charge in [0.15, 0.2) is 0 Å². The first-order valence-electron chi connectivity index (χ1n) is 17.1. The minimum Gasteiger partial charge on any atom is -0.310 e. The maximum atomic E-state index is 2.37. The van der Waals surface area contributed by atoms with E-state index in [1.165, 1.54) is 55.2 Å². The third-order valence-corrected chi connectivity index (χ3v) is 9.63. The standard InChI is InChI=1S/C48H34N2/c1-3-13-35(14-4-1)36-23-29-40(30-24-36)49(46-20-10-7-17-43(46)39-15-5-2-6-16-39)41-31-25-37(26-32-41)38-27-33-42(34-28-38)50-47-21-11-8-18-44(47)45-19-9-12-22-48(45)50/h1-34H. The molecule has 1 heterocycles. The van der Waals surface area contributed by atoms with Crippen LogP contribution < -0.4 is 4.90 Å². The van der Waals surface area contributed by atoms with E-state index in [0.717, 1.165) is 22.7 Å². The number of rotatable bonds is 7. The Hall–Kier alpha value is -6.64. The molecule has 2 nitrogen and oxygen atoms in total. The van der Waals surface area contributed by atoms with Gasteiger partial charge in [0.2, 0.25) is 0 Å². The van der Waals surface area contributed by atoms with Gasteiger partial charge < -0.3 is 9.47 Å². The maximum absolute atomic E-state index is 2.37. The van der Waals surface area contributed by atoms with Crippen molar-refractivity contribution in [2.75, 3.05) is 4.90 Å². The smallest absolute Gasteiger partial charge is 0.0541 e. The molecule has 0 saturated carbocycles. The summed E-state index contributed by atoms with van der Waals surface area (Å²) in [5, 5.41) is 2.55. The number of fused-ring (bicyclic) bond motifs is 3. The van der Waals surface area contributed by atoms with Crippen LogP contribution in [0.2, 0.25) is 0 Å². The molecule has 0 amide bonds. The van der Waals surface area contributed by atoms with E-state index in [9.17, 15) is 0 Å².